The number of ether oxygens (including phenoxy) is 2. The molecule has 2 unspecified atom stereocenters. The molecule has 1 saturated heterocycles. The number of anilines is 2. The molecular formula is C27H30FN9O4. The van der Waals surface area contributed by atoms with Crippen molar-refractivity contribution in [3.05, 3.63) is 36.2 Å². The fourth-order valence-corrected chi connectivity index (χ4v) is 5.52. The van der Waals surface area contributed by atoms with E-state index in [4.69, 9.17) is 25.9 Å². The zero-order valence-corrected chi connectivity index (χ0v) is 23.2. The van der Waals surface area contributed by atoms with Crippen molar-refractivity contribution >= 4 is 45.4 Å². The van der Waals surface area contributed by atoms with Crippen LogP contribution in [0, 0.1) is 24.6 Å². The number of amides is 2. The maximum absolute atomic E-state index is 15.1. The molecule has 2 amide bonds. The second-order valence-corrected chi connectivity index (χ2v) is 11.5. The quantitative estimate of drug-likeness (QED) is 0.327. The van der Waals surface area contributed by atoms with E-state index >= 15 is 4.39 Å². The summed E-state index contributed by atoms with van der Waals surface area (Å²) >= 11 is 0. The molecule has 5 N–H and O–H groups in total. The van der Waals surface area contributed by atoms with Gasteiger partial charge < -0.3 is 30.8 Å². The van der Waals surface area contributed by atoms with Crippen LogP contribution >= 0.6 is 0 Å². The lowest BCUT2D eigenvalue weighted by Gasteiger charge is -2.25. The Morgan fingerprint density at radius 3 is 2.44 bits per heavy atom. The molecule has 4 heterocycles. The number of piperidine rings is 1. The standard InChI is InChI=1S/C27H30FN9O4/c1-12-31-8-14(9-32-12)40-24-34-21-19(22(35-24)37-10-16-17(11-37)27(16,30)23(29)38)15-6-13(28)7-18(20(15)33-21)36(5)25(39)41-26(2,3)4/h6-9,16-17H,10-11,30H2,1-5H3,(H2,29,38)(H,33,34,35). The number of benzene rings is 1. The van der Waals surface area contributed by atoms with Crippen molar-refractivity contribution in [3.8, 4) is 11.8 Å². The maximum Gasteiger partial charge on any atom is 0.414 e. The van der Waals surface area contributed by atoms with E-state index in [1.807, 2.05) is 4.90 Å². The summed E-state index contributed by atoms with van der Waals surface area (Å²) < 4.78 is 26.5. The first-order valence-corrected chi connectivity index (χ1v) is 13.1. The second-order valence-electron chi connectivity index (χ2n) is 11.5. The predicted molar refractivity (Wildman–Crippen MR) is 148 cm³/mol. The van der Waals surface area contributed by atoms with Gasteiger partial charge in [0, 0.05) is 37.4 Å². The van der Waals surface area contributed by atoms with Gasteiger partial charge in [0.05, 0.1) is 29.0 Å². The van der Waals surface area contributed by atoms with Crippen molar-refractivity contribution in [2.75, 3.05) is 29.9 Å². The SMILES string of the molecule is Cc1ncc(Oc2nc(N3CC4C(C3)C4(N)C(N)=O)c3c(n2)[nH]c2c(N(C)C(=O)OC(C)(C)C)cc(F)cc23)cn1. The van der Waals surface area contributed by atoms with Gasteiger partial charge in [-0.25, -0.2) is 19.2 Å². The summed E-state index contributed by atoms with van der Waals surface area (Å²) in [5.74, 6) is -0.0264. The topological polar surface area (TPSA) is 178 Å². The maximum atomic E-state index is 15.1. The monoisotopic (exact) mass is 563 g/mol. The average Bonchev–Trinajstić information content (AvgIpc) is 3.21. The Labute approximate surface area is 234 Å². The number of carbonyl (C=O) groups is 2. The highest BCUT2D eigenvalue weighted by Crippen LogP contribution is 2.54. The number of fused-ring (bicyclic) bond motifs is 4. The van der Waals surface area contributed by atoms with Crippen molar-refractivity contribution in [2.45, 2.75) is 38.8 Å². The summed E-state index contributed by atoms with van der Waals surface area (Å²) in [6, 6.07) is 2.61. The largest absolute Gasteiger partial charge is 0.443 e. The van der Waals surface area contributed by atoms with E-state index in [0.717, 1.165) is 0 Å². The highest BCUT2D eigenvalue weighted by Gasteiger charge is 2.70. The molecule has 41 heavy (non-hydrogen) atoms. The molecule has 0 bridgehead atoms. The van der Waals surface area contributed by atoms with Crippen LogP contribution in [0.5, 0.6) is 11.8 Å². The number of H-pyrrole nitrogens is 1. The van der Waals surface area contributed by atoms with E-state index < -0.39 is 29.0 Å². The van der Waals surface area contributed by atoms with Crippen LogP contribution in [0.2, 0.25) is 0 Å². The number of primary amides is 1. The van der Waals surface area contributed by atoms with Crippen molar-refractivity contribution < 1.29 is 23.5 Å². The number of nitrogens with two attached hydrogens (primary N) is 2. The predicted octanol–water partition coefficient (Wildman–Crippen LogP) is 2.76. The van der Waals surface area contributed by atoms with Crippen LogP contribution in [0.3, 0.4) is 0 Å². The smallest absolute Gasteiger partial charge is 0.414 e. The third-order valence-electron chi connectivity index (χ3n) is 7.62. The highest BCUT2D eigenvalue weighted by atomic mass is 19.1. The van der Waals surface area contributed by atoms with Gasteiger partial charge in [0.15, 0.2) is 5.75 Å². The van der Waals surface area contributed by atoms with Gasteiger partial charge in [-0.1, -0.05) is 0 Å². The third-order valence-corrected chi connectivity index (χ3v) is 7.62. The second kappa shape index (κ2) is 8.96. The van der Waals surface area contributed by atoms with Gasteiger partial charge in [-0.15, -0.1) is 0 Å². The summed E-state index contributed by atoms with van der Waals surface area (Å²) in [7, 11) is 1.50. The molecule has 13 nitrogen and oxygen atoms in total. The molecule has 2 aliphatic rings. The van der Waals surface area contributed by atoms with E-state index in [0.29, 0.717) is 52.4 Å². The van der Waals surface area contributed by atoms with E-state index in [-0.39, 0.29) is 23.5 Å². The summed E-state index contributed by atoms with van der Waals surface area (Å²) in [6.07, 6.45) is 2.36. The fraction of sp³-hybridized carbons (Fsp3) is 0.407. The van der Waals surface area contributed by atoms with Gasteiger partial charge in [-0.05, 0) is 39.8 Å². The first-order valence-electron chi connectivity index (χ1n) is 13.1. The van der Waals surface area contributed by atoms with Gasteiger partial charge in [-0.2, -0.15) is 9.97 Å². The number of aromatic amines is 1. The lowest BCUT2D eigenvalue weighted by molar-refractivity contribution is -0.120. The number of carbonyl (C=O) groups excluding carboxylic acids is 2. The van der Waals surface area contributed by atoms with Crippen LogP contribution in [0.1, 0.15) is 26.6 Å². The Bertz CT molecular complexity index is 1700. The molecule has 6 rings (SSSR count). The van der Waals surface area contributed by atoms with Crippen LogP contribution in [0.4, 0.5) is 20.7 Å². The molecule has 1 saturated carbocycles. The number of hydrogen-bond donors (Lipinski definition) is 3. The van der Waals surface area contributed by atoms with Crippen LogP contribution < -0.4 is 26.0 Å². The Balaban J connectivity index is 1.48. The minimum atomic E-state index is -1.06. The first-order chi connectivity index (χ1) is 19.3. The third kappa shape index (κ3) is 4.43. The number of halogens is 1. The lowest BCUT2D eigenvalue weighted by atomic mass is 10.1. The van der Waals surface area contributed by atoms with E-state index in [1.54, 1.807) is 27.7 Å². The Kier molecular flexibility index (Phi) is 5.82. The van der Waals surface area contributed by atoms with E-state index in [9.17, 15) is 9.59 Å². The normalized spacial score (nSPS) is 21.7. The molecule has 3 aromatic heterocycles. The first kappa shape index (κ1) is 26.6. The molecule has 1 aliphatic heterocycles. The van der Waals surface area contributed by atoms with Gasteiger partial charge in [0.2, 0.25) is 5.91 Å². The fourth-order valence-electron chi connectivity index (χ4n) is 5.52. The van der Waals surface area contributed by atoms with Crippen LogP contribution in [-0.2, 0) is 9.53 Å². The summed E-state index contributed by atoms with van der Waals surface area (Å²) in [6.45, 7) is 7.83. The van der Waals surface area contributed by atoms with Crippen LogP contribution in [0.25, 0.3) is 21.9 Å². The number of aromatic nitrogens is 5. The number of rotatable bonds is 5. The number of hydrogen-bond acceptors (Lipinski definition) is 10. The molecule has 0 spiro atoms. The Morgan fingerprint density at radius 2 is 1.83 bits per heavy atom. The molecule has 1 aromatic carbocycles. The van der Waals surface area contributed by atoms with Crippen molar-refractivity contribution in [2.24, 2.45) is 23.3 Å². The molecule has 14 heteroatoms. The summed E-state index contributed by atoms with van der Waals surface area (Å²) in [5, 5.41) is 0.981. The number of aryl methyl sites for hydroxylation is 1. The van der Waals surface area contributed by atoms with Crippen LogP contribution in [-0.4, -0.2) is 68.2 Å². The van der Waals surface area contributed by atoms with Crippen molar-refractivity contribution in [1.29, 1.82) is 0 Å². The van der Waals surface area contributed by atoms with Crippen LogP contribution in [0.15, 0.2) is 24.5 Å². The molecule has 4 aromatic rings. The molecule has 0 radical (unpaired) electrons. The summed E-state index contributed by atoms with van der Waals surface area (Å²) in [4.78, 5) is 48.8. The zero-order chi connectivity index (χ0) is 29.4. The Hall–Kier alpha value is -4.59. The average molecular weight is 564 g/mol. The van der Waals surface area contributed by atoms with Gasteiger partial charge in [0.25, 0.3) is 0 Å². The number of nitrogens with one attached hydrogen (secondary N) is 1. The molecule has 2 atom stereocenters. The molecular weight excluding hydrogens is 533 g/mol. The minimum absolute atomic E-state index is 0.00325. The zero-order valence-electron chi connectivity index (χ0n) is 23.2. The minimum Gasteiger partial charge on any atom is -0.443 e. The molecule has 2 fully saturated rings. The lowest BCUT2D eigenvalue weighted by Crippen LogP contribution is -2.47. The molecule has 1 aliphatic carbocycles. The van der Waals surface area contributed by atoms with E-state index in [1.165, 1.54) is 36.5 Å². The van der Waals surface area contributed by atoms with Crippen molar-refractivity contribution in [1.82, 2.24) is 24.9 Å². The van der Waals surface area contributed by atoms with Crippen molar-refractivity contribution in [3.63, 3.8) is 0 Å². The van der Waals surface area contributed by atoms with Gasteiger partial charge in [0.1, 0.15) is 34.2 Å². The number of nitrogens with zero attached hydrogens (tertiary/aromatic N) is 6. The van der Waals surface area contributed by atoms with E-state index in [2.05, 4.69) is 19.9 Å². The van der Waals surface area contributed by atoms with Gasteiger partial charge in [-0.3, -0.25) is 9.69 Å². The summed E-state index contributed by atoms with van der Waals surface area (Å²) in [5.41, 5.74) is 11.1. The Morgan fingerprint density at radius 1 is 1.17 bits per heavy atom. The molecule has 214 valence electrons. The highest BCUT2D eigenvalue weighted by molar-refractivity contribution is 6.16. The van der Waals surface area contributed by atoms with Gasteiger partial charge >= 0.3 is 12.1 Å².